The van der Waals surface area contributed by atoms with Crippen molar-refractivity contribution in [1.82, 2.24) is 0 Å². The Hall–Kier alpha value is -0.206. The topological polar surface area (TPSA) is 46.2 Å². The molecule has 0 aromatic heterocycles. The molecule has 32 heavy (non-hydrogen) atoms. The molecule has 7 heteroatoms. The van der Waals surface area contributed by atoms with Crippen LogP contribution in [0.4, 0.5) is 0 Å². The van der Waals surface area contributed by atoms with Crippen molar-refractivity contribution in [3.8, 4) is 11.8 Å². The number of rotatable bonds is 6. The maximum Gasteiger partial charge on any atom is 0.192 e. The third-order valence-corrected chi connectivity index (χ3v) is 16.5. The average Bonchev–Trinajstić information content (AvgIpc) is 3.01. The average molecular weight is 485 g/mol. The summed E-state index contributed by atoms with van der Waals surface area (Å²) in [6.45, 7) is 28.6. The molecule has 2 aliphatic heterocycles. The molecule has 0 N–H and O–H groups in total. The maximum atomic E-state index is 6.75. The van der Waals surface area contributed by atoms with E-state index in [9.17, 15) is 0 Å². The van der Waals surface area contributed by atoms with Crippen LogP contribution < -0.4 is 0 Å². The summed E-state index contributed by atoms with van der Waals surface area (Å²) in [6.07, 6.45) is 0.612. The van der Waals surface area contributed by atoms with E-state index in [0.29, 0.717) is 0 Å². The Kier molecular flexibility index (Phi) is 8.28. The molecule has 186 valence electrons. The molecule has 2 fully saturated rings. The third-order valence-electron chi connectivity index (χ3n) is 7.45. The van der Waals surface area contributed by atoms with Gasteiger partial charge in [-0.25, -0.2) is 0 Å². The first-order chi connectivity index (χ1) is 14.3. The molecule has 0 saturated carbocycles. The van der Waals surface area contributed by atoms with Crippen molar-refractivity contribution in [1.29, 1.82) is 0 Å². The van der Waals surface area contributed by atoms with E-state index in [0.717, 1.165) is 12.8 Å². The molecule has 0 unspecified atom stereocenters. The zero-order valence-corrected chi connectivity index (χ0v) is 24.8. The summed E-state index contributed by atoms with van der Waals surface area (Å²) >= 11 is 0. The molecule has 0 aromatic carbocycles. The second-order valence-electron chi connectivity index (χ2n) is 12.9. The molecule has 5 atom stereocenters. The van der Waals surface area contributed by atoms with E-state index in [1.54, 1.807) is 0 Å². The second-order valence-corrected chi connectivity index (χ2v) is 22.4. The fraction of sp³-hybridized carbons (Fsp3) is 0.920. The van der Waals surface area contributed by atoms with E-state index in [1.807, 2.05) is 13.8 Å². The summed E-state index contributed by atoms with van der Waals surface area (Å²) in [4.78, 5) is 0. The normalized spacial score (nSPS) is 29.4. The van der Waals surface area contributed by atoms with Gasteiger partial charge in [0.2, 0.25) is 0 Å². The van der Waals surface area contributed by atoms with Crippen LogP contribution in [0, 0.1) is 11.8 Å². The van der Waals surface area contributed by atoms with E-state index < -0.39 is 28.7 Å². The number of ether oxygens (including phenoxy) is 3. The molecule has 5 nitrogen and oxygen atoms in total. The molecule has 2 saturated heterocycles. The van der Waals surface area contributed by atoms with Gasteiger partial charge in [-0.1, -0.05) is 47.5 Å². The minimum absolute atomic E-state index is 0.0918. The highest BCUT2D eigenvalue weighted by atomic mass is 28.4. The summed E-state index contributed by atoms with van der Waals surface area (Å²) in [5, 5.41) is 0.305. The minimum atomic E-state index is -2.03. The van der Waals surface area contributed by atoms with Crippen molar-refractivity contribution in [3.63, 3.8) is 0 Å². The van der Waals surface area contributed by atoms with E-state index in [-0.39, 0.29) is 34.5 Å². The Morgan fingerprint density at radius 1 is 0.938 bits per heavy atom. The highest BCUT2D eigenvalue weighted by molar-refractivity contribution is 6.74. The Bertz CT molecular complexity index is 709. The van der Waals surface area contributed by atoms with E-state index in [1.165, 1.54) is 0 Å². The van der Waals surface area contributed by atoms with Crippen molar-refractivity contribution in [2.45, 2.75) is 148 Å². The Morgan fingerprint density at radius 2 is 1.50 bits per heavy atom. The lowest BCUT2D eigenvalue weighted by molar-refractivity contribution is -0.207. The predicted octanol–water partition coefficient (Wildman–Crippen LogP) is 6.45. The van der Waals surface area contributed by atoms with Crippen LogP contribution in [-0.4, -0.2) is 53.1 Å². The van der Waals surface area contributed by atoms with Crippen molar-refractivity contribution in [3.05, 3.63) is 0 Å². The largest absolute Gasteiger partial charge is 0.414 e. The van der Waals surface area contributed by atoms with Gasteiger partial charge in [0.15, 0.2) is 28.7 Å². The monoisotopic (exact) mass is 484 g/mol. The standard InChI is InChI=1S/C25H48O5Si2/c1-18(29-31(10,11)23(2,3)4)16-14-15-17-19-20(30-32(12,13)24(5,6)7)21-22(26-19)28-25(8,9)27-21/h18-22H,14,16H2,1-13H3/t18-,19+,20-,21+,22+/m0/s1. The molecular weight excluding hydrogens is 436 g/mol. The first kappa shape index (κ1) is 28.0. The Balaban J connectivity index is 2.05. The van der Waals surface area contributed by atoms with Crippen LogP contribution in [0.1, 0.15) is 75.2 Å². The van der Waals surface area contributed by atoms with Gasteiger partial charge in [0.05, 0.1) is 0 Å². The summed E-state index contributed by atoms with van der Waals surface area (Å²) < 4.78 is 31.5. The van der Waals surface area contributed by atoms with Gasteiger partial charge < -0.3 is 23.1 Å². The zero-order valence-electron chi connectivity index (χ0n) is 22.8. The fourth-order valence-corrected chi connectivity index (χ4v) is 6.20. The molecule has 0 amide bonds. The number of hydrogen-bond acceptors (Lipinski definition) is 5. The van der Waals surface area contributed by atoms with Crippen LogP contribution in [0.2, 0.25) is 36.3 Å². The highest BCUT2D eigenvalue weighted by Gasteiger charge is 2.57. The molecule has 0 radical (unpaired) electrons. The number of fused-ring (bicyclic) bond motifs is 1. The maximum absolute atomic E-state index is 6.75. The van der Waals surface area contributed by atoms with Crippen LogP contribution >= 0.6 is 0 Å². The Morgan fingerprint density at radius 3 is 2.03 bits per heavy atom. The van der Waals surface area contributed by atoms with Crippen LogP contribution in [0.25, 0.3) is 0 Å². The summed E-state index contributed by atoms with van der Waals surface area (Å²) in [5.74, 6) is 6.00. The summed E-state index contributed by atoms with van der Waals surface area (Å²) in [5.41, 5.74) is 0. The lowest BCUT2D eigenvalue weighted by atomic mass is 10.1. The lowest BCUT2D eigenvalue weighted by Gasteiger charge is -2.39. The first-order valence-electron chi connectivity index (χ1n) is 12.1. The minimum Gasteiger partial charge on any atom is -0.414 e. The smallest absolute Gasteiger partial charge is 0.192 e. The Labute approximate surface area is 199 Å². The molecule has 0 spiro atoms. The second kappa shape index (κ2) is 9.45. The SMILES string of the molecule is C[C@@H](CCC#C[C@H]1O[C@@H]2OC(C)(C)O[C@@H]2[C@H]1O[Si](C)(C)C(C)(C)C)O[Si](C)(C)C(C)(C)C. The van der Waals surface area contributed by atoms with Crippen molar-refractivity contribution in [2.75, 3.05) is 0 Å². The van der Waals surface area contributed by atoms with Crippen LogP contribution in [-0.2, 0) is 23.1 Å². The quantitative estimate of drug-likeness (QED) is 0.320. The van der Waals surface area contributed by atoms with Crippen LogP contribution in [0.3, 0.4) is 0 Å². The zero-order chi connectivity index (χ0) is 24.8. The first-order valence-corrected chi connectivity index (χ1v) is 17.9. The summed E-state index contributed by atoms with van der Waals surface area (Å²) in [7, 11) is -3.79. The van der Waals surface area contributed by atoms with Gasteiger partial charge in [-0.3, -0.25) is 0 Å². The van der Waals surface area contributed by atoms with E-state index in [2.05, 4.69) is 86.5 Å². The summed E-state index contributed by atoms with van der Waals surface area (Å²) in [6, 6.07) is 0. The molecule has 0 bridgehead atoms. The van der Waals surface area contributed by atoms with Gasteiger partial charge in [-0.15, -0.1) is 5.92 Å². The number of hydrogen-bond donors (Lipinski definition) is 0. The van der Waals surface area contributed by atoms with Gasteiger partial charge in [0, 0.05) is 12.5 Å². The third kappa shape index (κ3) is 6.68. The van der Waals surface area contributed by atoms with Crippen molar-refractivity contribution >= 4 is 16.6 Å². The van der Waals surface area contributed by atoms with E-state index in [4.69, 9.17) is 23.1 Å². The van der Waals surface area contributed by atoms with Gasteiger partial charge in [-0.05, 0) is 63.5 Å². The molecule has 0 aromatic rings. The molecule has 2 heterocycles. The van der Waals surface area contributed by atoms with Gasteiger partial charge in [0.25, 0.3) is 0 Å². The van der Waals surface area contributed by atoms with E-state index >= 15 is 0 Å². The van der Waals surface area contributed by atoms with Crippen molar-refractivity contribution < 1.29 is 23.1 Å². The van der Waals surface area contributed by atoms with Gasteiger partial charge in [0.1, 0.15) is 18.3 Å². The van der Waals surface area contributed by atoms with Crippen LogP contribution in [0.5, 0.6) is 0 Å². The van der Waals surface area contributed by atoms with Crippen molar-refractivity contribution in [2.24, 2.45) is 0 Å². The lowest BCUT2D eigenvalue weighted by Crippen LogP contribution is -2.49. The molecule has 0 aliphatic carbocycles. The van der Waals surface area contributed by atoms with Gasteiger partial charge in [-0.2, -0.15) is 0 Å². The van der Waals surface area contributed by atoms with Crippen LogP contribution in [0.15, 0.2) is 0 Å². The van der Waals surface area contributed by atoms with Gasteiger partial charge >= 0.3 is 0 Å². The molecular formula is C25H48O5Si2. The fourth-order valence-electron chi connectivity index (χ4n) is 3.43. The predicted molar refractivity (Wildman–Crippen MR) is 136 cm³/mol. The molecule has 2 aliphatic rings. The molecule has 2 rings (SSSR count). The highest BCUT2D eigenvalue weighted by Crippen LogP contribution is 2.44.